The summed E-state index contributed by atoms with van der Waals surface area (Å²) in [6, 6.07) is 32.1. The van der Waals surface area contributed by atoms with E-state index in [1.165, 1.54) is 16.2 Å². The SMILES string of the molecule is C1=CC(CN[C@@H](COP(c2ccccc2)c2ccccc2)Cc2ccccc2)C=C1. The van der Waals surface area contributed by atoms with Gasteiger partial charge in [-0.1, -0.05) is 115 Å². The largest absolute Gasteiger partial charge is 0.348 e. The van der Waals surface area contributed by atoms with Gasteiger partial charge in [0.15, 0.2) is 0 Å². The molecule has 0 spiro atoms. The Morgan fingerprint density at radius 2 is 1.27 bits per heavy atom. The van der Waals surface area contributed by atoms with Crippen LogP contribution >= 0.6 is 8.15 Å². The summed E-state index contributed by atoms with van der Waals surface area (Å²) < 4.78 is 6.63. The molecular formula is C27H28NOP. The van der Waals surface area contributed by atoms with Gasteiger partial charge in [-0.15, -0.1) is 0 Å². The van der Waals surface area contributed by atoms with Crippen molar-refractivity contribution in [1.29, 1.82) is 0 Å². The number of benzene rings is 3. The van der Waals surface area contributed by atoms with Gasteiger partial charge in [-0.05, 0) is 12.0 Å². The first-order chi connectivity index (χ1) is 14.9. The first kappa shape index (κ1) is 20.8. The van der Waals surface area contributed by atoms with Gasteiger partial charge in [-0.25, -0.2) is 0 Å². The lowest BCUT2D eigenvalue weighted by atomic mass is 10.1. The molecule has 1 aliphatic rings. The second-order valence-corrected chi connectivity index (χ2v) is 9.37. The van der Waals surface area contributed by atoms with Crippen molar-refractivity contribution in [3.05, 3.63) is 121 Å². The van der Waals surface area contributed by atoms with Crippen LogP contribution in [0.1, 0.15) is 5.56 Å². The molecule has 2 nitrogen and oxygen atoms in total. The third-order valence-electron chi connectivity index (χ3n) is 5.18. The summed E-state index contributed by atoms with van der Waals surface area (Å²) in [5.74, 6) is 0.466. The van der Waals surface area contributed by atoms with Gasteiger partial charge in [-0.3, -0.25) is 0 Å². The average molecular weight is 414 g/mol. The number of hydrogen-bond acceptors (Lipinski definition) is 2. The molecule has 0 bridgehead atoms. The summed E-state index contributed by atoms with van der Waals surface area (Å²) >= 11 is 0. The molecule has 1 aliphatic carbocycles. The lowest BCUT2D eigenvalue weighted by molar-refractivity contribution is 0.290. The maximum Gasteiger partial charge on any atom is 0.0918 e. The van der Waals surface area contributed by atoms with E-state index in [1.54, 1.807) is 0 Å². The molecule has 0 aromatic heterocycles. The monoisotopic (exact) mass is 413 g/mol. The first-order valence-corrected chi connectivity index (χ1v) is 11.8. The molecule has 0 radical (unpaired) electrons. The molecule has 152 valence electrons. The third-order valence-corrected chi connectivity index (χ3v) is 7.12. The highest BCUT2D eigenvalue weighted by atomic mass is 31.1. The third kappa shape index (κ3) is 6.00. The fourth-order valence-electron chi connectivity index (χ4n) is 3.59. The first-order valence-electron chi connectivity index (χ1n) is 10.5. The van der Waals surface area contributed by atoms with E-state index in [9.17, 15) is 0 Å². The molecule has 0 heterocycles. The molecular weight excluding hydrogens is 385 g/mol. The van der Waals surface area contributed by atoms with Crippen LogP contribution in [0.5, 0.6) is 0 Å². The Hall–Kier alpha value is -2.51. The number of hydrogen-bond donors (Lipinski definition) is 1. The van der Waals surface area contributed by atoms with Gasteiger partial charge < -0.3 is 9.84 Å². The average Bonchev–Trinajstić information content (AvgIpc) is 3.33. The van der Waals surface area contributed by atoms with Crippen LogP contribution in [0.4, 0.5) is 0 Å². The van der Waals surface area contributed by atoms with Crippen LogP contribution in [0.3, 0.4) is 0 Å². The van der Waals surface area contributed by atoms with E-state index >= 15 is 0 Å². The fraction of sp³-hybridized carbons (Fsp3) is 0.185. The van der Waals surface area contributed by atoms with Crippen LogP contribution in [-0.2, 0) is 10.9 Å². The molecule has 0 aliphatic heterocycles. The van der Waals surface area contributed by atoms with E-state index in [0.29, 0.717) is 12.5 Å². The van der Waals surface area contributed by atoms with Crippen molar-refractivity contribution < 1.29 is 4.52 Å². The molecule has 3 aromatic rings. The van der Waals surface area contributed by atoms with Crippen LogP contribution < -0.4 is 15.9 Å². The molecule has 0 saturated carbocycles. The molecule has 0 unspecified atom stereocenters. The summed E-state index contributed by atoms with van der Waals surface area (Å²) in [7, 11) is -0.847. The topological polar surface area (TPSA) is 21.3 Å². The van der Waals surface area contributed by atoms with Gasteiger partial charge in [0, 0.05) is 29.1 Å². The Balaban J connectivity index is 1.48. The van der Waals surface area contributed by atoms with Gasteiger partial charge in [0.1, 0.15) is 0 Å². The normalized spacial score (nSPS) is 14.4. The van der Waals surface area contributed by atoms with Gasteiger partial charge in [-0.2, -0.15) is 0 Å². The predicted molar refractivity (Wildman–Crippen MR) is 129 cm³/mol. The molecule has 0 fully saturated rings. The fourth-order valence-corrected chi connectivity index (χ4v) is 5.41. The van der Waals surface area contributed by atoms with Crippen LogP contribution in [0.15, 0.2) is 115 Å². The molecule has 3 aromatic carbocycles. The minimum Gasteiger partial charge on any atom is -0.348 e. The molecule has 1 N–H and O–H groups in total. The predicted octanol–water partition coefficient (Wildman–Crippen LogP) is 4.99. The van der Waals surface area contributed by atoms with Crippen molar-refractivity contribution in [2.45, 2.75) is 12.5 Å². The zero-order valence-corrected chi connectivity index (χ0v) is 18.0. The highest BCUT2D eigenvalue weighted by Crippen LogP contribution is 2.35. The quantitative estimate of drug-likeness (QED) is 0.473. The van der Waals surface area contributed by atoms with Crippen LogP contribution in [0.25, 0.3) is 0 Å². The van der Waals surface area contributed by atoms with Gasteiger partial charge >= 0.3 is 0 Å². The molecule has 0 saturated heterocycles. The Morgan fingerprint density at radius 1 is 0.733 bits per heavy atom. The van der Waals surface area contributed by atoms with Gasteiger partial charge in [0.05, 0.1) is 14.8 Å². The van der Waals surface area contributed by atoms with Crippen molar-refractivity contribution >= 4 is 18.8 Å². The van der Waals surface area contributed by atoms with Gasteiger partial charge in [0.25, 0.3) is 0 Å². The van der Waals surface area contributed by atoms with E-state index < -0.39 is 8.15 Å². The maximum atomic E-state index is 6.63. The van der Waals surface area contributed by atoms with Crippen LogP contribution in [0.2, 0.25) is 0 Å². The van der Waals surface area contributed by atoms with Crippen molar-refractivity contribution in [3.8, 4) is 0 Å². The summed E-state index contributed by atoms with van der Waals surface area (Å²) in [5, 5.41) is 6.25. The van der Waals surface area contributed by atoms with Crippen molar-refractivity contribution in [2.75, 3.05) is 13.2 Å². The molecule has 0 amide bonds. The highest BCUT2D eigenvalue weighted by Gasteiger charge is 2.19. The molecule has 3 heteroatoms. The summed E-state index contributed by atoms with van der Waals surface area (Å²) in [4.78, 5) is 0. The van der Waals surface area contributed by atoms with Gasteiger partial charge in [0.2, 0.25) is 0 Å². The standard InChI is InChI=1S/C27H28NOP/c1-4-12-23(13-5-1)20-25(28-21-24-14-10-11-15-24)22-29-30(26-16-6-2-7-17-26)27-18-8-3-9-19-27/h1-19,24-25,28H,20-22H2/t25-/m1/s1. The van der Waals surface area contributed by atoms with E-state index in [1.807, 2.05) is 0 Å². The number of nitrogens with one attached hydrogen (secondary N) is 1. The zero-order valence-electron chi connectivity index (χ0n) is 17.1. The Morgan fingerprint density at radius 3 is 1.83 bits per heavy atom. The maximum absolute atomic E-state index is 6.63. The number of rotatable bonds is 10. The second-order valence-electron chi connectivity index (χ2n) is 7.49. The summed E-state index contributed by atoms with van der Waals surface area (Å²) in [5.41, 5.74) is 1.33. The second kappa shape index (κ2) is 11.0. The zero-order chi connectivity index (χ0) is 20.4. The van der Waals surface area contributed by atoms with Crippen LogP contribution in [0, 0.1) is 5.92 Å². The van der Waals surface area contributed by atoms with E-state index in [2.05, 4.69) is 121 Å². The minimum absolute atomic E-state index is 0.257. The van der Waals surface area contributed by atoms with Crippen molar-refractivity contribution in [1.82, 2.24) is 5.32 Å². The summed E-state index contributed by atoms with van der Waals surface area (Å²) in [6.45, 7) is 1.60. The molecule has 30 heavy (non-hydrogen) atoms. The molecule has 4 rings (SSSR count). The number of allylic oxidation sites excluding steroid dienone is 2. The Bertz CT molecular complexity index is 889. The summed E-state index contributed by atoms with van der Waals surface area (Å²) in [6.07, 6.45) is 9.69. The van der Waals surface area contributed by atoms with Crippen molar-refractivity contribution in [3.63, 3.8) is 0 Å². The Kier molecular flexibility index (Phi) is 7.63. The van der Waals surface area contributed by atoms with E-state index in [-0.39, 0.29) is 6.04 Å². The Labute approximate surface area is 181 Å². The van der Waals surface area contributed by atoms with Crippen molar-refractivity contribution in [2.24, 2.45) is 5.92 Å². The minimum atomic E-state index is -0.847. The van der Waals surface area contributed by atoms with E-state index in [4.69, 9.17) is 4.52 Å². The van der Waals surface area contributed by atoms with Crippen LogP contribution in [-0.4, -0.2) is 19.2 Å². The highest BCUT2D eigenvalue weighted by molar-refractivity contribution is 7.68. The lowest BCUT2D eigenvalue weighted by Crippen LogP contribution is -2.38. The van der Waals surface area contributed by atoms with E-state index in [0.717, 1.165) is 13.0 Å². The molecule has 1 atom stereocenters. The smallest absolute Gasteiger partial charge is 0.0918 e. The lowest BCUT2D eigenvalue weighted by Gasteiger charge is -2.24.